The highest BCUT2D eigenvalue weighted by atomic mass is 16.5. The number of ether oxygens (including phenoxy) is 2. The van der Waals surface area contributed by atoms with Gasteiger partial charge in [-0.25, -0.2) is 0 Å². The summed E-state index contributed by atoms with van der Waals surface area (Å²) in [5, 5.41) is 3.30. The van der Waals surface area contributed by atoms with Gasteiger partial charge in [-0.15, -0.1) is 0 Å². The van der Waals surface area contributed by atoms with E-state index in [-0.39, 0.29) is 0 Å². The van der Waals surface area contributed by atoms with E-state index in [0.29, 0.717) is 18.4 Å². The summed E-state index contributed by atoms with van der Waals surface area (Å²) in [7, 11) is 0. The number of benzene rings is 1. The van der Waals surface area contributed by atoms with Gasteiger partial charge in [0.2, 0.25) is 0 Å². The molecule has 0 spiro atoms. The first-order valence-corrected chi connectivity index (χ1v) is 9.57. The van der Waals surface area contributed by atoms with Gasteiger partial charge in [0, 0.05) is 38.7 Å². The molecule has 1 aliphatic rings. The molecule has 1 heterocycles. The molecule has 2 rings (SSSR count). The number of hydrogen-bond donors (Lipinski definition) is 2. The maximum Gasteiger partial charge on any atom is 0.193 e. The summed E-state index contributed by atoms with van der Waals surface area (Å²) in [5.74, 6) is 1.14. The molecule has 1 saturated heterocycles. The van der Waals surface area contributed by atoms with E-state index in [1.165, 1.54) is 11.1 Å². The fourth-order valence-corrected chi connectivity index (χ4v) is 3.10. The van der Waals surface area contributed by atoms with Crippen molar-refractivity contribution in [3.8, 4) is 0 Å². The Morgan fingerprint density at radius 3 is 2.56 bits per heavy atom. The molecule has 1 aromatic rings. The summed E-state index contributed by atoms with van der Waals surface area (Å²) in [6.45, 7) is 8.32. The van der Waals surface area contributed by atoms with Crippen molar-refractivity contribution in [3.05, 3.63) is 29.3 Å². The van der Waals surface area contributed by atoms with E-state index < -0.39 is 0 Å². The summed E-state index contributed by atoms with van der Waals surface area (Å²) in [4.78, 5) is 4.44. The van der Waals surface area contributed by atoms with E-state index in [1.54, 1.807) is 0 Å². The van der Waals surface area contributed by atoms with E-state index in [4.69, 9.17) is 15.2 Å². The zero-order valence-electron chi connectivity index (χ0n) is 15.7. The number of guanidine groups is 1. The first-order chi connectivity index (χ1) is 12.2. The average molecular weight is 348 g/mol. The molecule has 0 atom stereocenters. The molecule has 0 bridgehead atoms. The Hall–Kier alpha value is -1.59. The fourth-order valence-electron chi connectivity index (χ4n) is 3.10. The standard InChI is InChI=1S/C20H33N3O2/c1-3-17-7-5-8-18(4-2)19(17)23-20(21)22-11-6-12-25-15-16-9-13-24-14-10-16/h5,7-8,16H,3-4,6,9-15H2,1-2H3,(H3,21,22,23). The van der Waals surface area contributed by atoms with Crippen LogP contribution in [0.25, 0.3) is 0 Å². The van der Waals surface area contributed by atoms with Crippen LogP contribution in [-0.2, 0) is 22.3 Å². The molecule has 0 radical (unpaired) electrons. The van der Waals surface area contributed by atoms with Gasteiger partial charge in [0.1, 0.15) is 0 Å². The van der Waals surface area contributed by atoms with Crippen LogP contribution in [-0.4, -0.2) is 38.9 Å². The van der Waals surface area contributed by atoms with Gasteiger partial charge in [0.05, 0.1) is 0 Å². The zero-order chi connectivity index (χ0) is 17.9. The first-order valence-electron chi connectivity index (χ1n) is 9.57. The van der Waals surface area contributed by atoms with Crippen molar-refractivity contribution in [2.75, 3.05) is 38.3 Å². The second-order valence-corrected chi connectivity index (χ2v) is 6.53. The monoisotopic (exact) mass is 347 g/mol. The summed E-state index contributed by atoms with van der Waals surface area (Å²) < 4.78 is 11.1. The van der Waals surface area contributed by atoms with Crippen LogP contribution in [0.4, 0.5) is 5.69 Å². The molecule has 0 amide bonds. The smallest absolute Gasteiger partial charge is 0.193 e. The summed E-state index contributed by atoms with van der Waals surface area (Å²) in [5.41, 5.74) is 9.73. The molecule has 0 aromatic heterocycles. The minimum atomic E-state index is 0.486. The molecule has 1 fully saturated rings. The molecule has 25 heavy (non-hydrogen) atoms. The summed E-state index contributed by atoms with van der Waals surface area (Å²) in [6.07, 6.45) is 5.08. The maximum absolute atomic E-state index is 6.07. The zero-order valence-corrected chi connectivity index (χ0v) is 15.7. The van der Waals surface area contributed by atoms with Gasteiger partial charge in [-0.1, -0.05) is 32.0 Å². The number of anilines is 1. The first kappa shape index (κ1) is 19.7. The Morgan fingerprint density at radius 2 is 1.92 bits per heavy atom. The third kappa shape index (κ3) is 6.67. The van der Waals surface area contributed by atoms with Gasteiger partial charge in [-0.3, -0.25) is 4.99 Å². The predicted molar refractivity (Wildman–Crippen MR) is 104 cm³/mol. The van der Waals surface area contributed by atoms with Crippen LogP contribution < -0.4 is 11.1 Å². The van der Waals surface area contributed by atoms with Crippen LogP contribution in [0.15, 0.2) is 23.2 Å². The molecule has 5 heteroatoms. The van der Waals surface area contributed by atoms with E-state index in [9.17, 15) is 0 Å². The summed E-state index contributed by atoms with van der Waals surface area (Å²) in [6, 6.07) is 6.38. The molecule has 140 valence electrons. The molecule has 3 N–H and O–H groups in total. The van der Waals surface area contributed by atoms with Crippen LogP contribution in [0.3, 0.4) is 0 Å². The van der Waals surface area contributed by atoms with E-state index in [1.807, 2.05) is 0 Å². The molecular weight excluding hydrogens is 314 g/mol. The number of hydrogen-bond acceptors (Lipinski definition) is 3. The van der Waals surface area contributed by atoms with Gasteiger partial charge >= 0.3 is 0 Å². The Balaban J connectivity index is 1.71. The lowest BCUT2D eigenvalue weighted by Crippen LogP contribution is -2.24. The average Bonchev–Trinajstić information content (AvgIpc) is 2.65. The number of nitrogens with zero attached hydrogens (tertiary/aromatic N) is 1. The third-order valence-corrected chi connectivity index (χ3v) is 4.68. The van der Waals surface area contributed by atoms with Gasteiger partial charge in [0.25, 0.3) is 0 Å². The number of nitrogens with two attached hydrogens (primary N) is 1. The Morgan fingerprint density at radius 1 is 1.24 bits per heavy atom. The van der Waals surface area contributed by atoms with Crippen molar-refractivity contribution < 1.29 is 9.47 Å². The van der Waals surface area contributed by atoms with Crippen LogP contribution in [0, 0.1) is 5.92 Å². The number of aliphatic imine (C=N–C) groups is 1. The largest absolute Gasteiger partial charge is 0.381 e. The fraction of sp³-hybridized carbons (Fsp3) is 0.650. The van der Waals surface area contributed by atoms with Crippen LogP contribution in [0.2, 0.25) is 0 Å². The quantitative estimate of drug-likeness (QED) is 0.408. The lowest BCUT2D eigenvalue weighted by Gasteiger charge is -2.21. The second-order valence-electron chi connectivity index (χ2n) is 6.53. The Labute approximate surface area is 152 Å². The van der Waals surface area contributed by atoms with E-state index in [0.717, 1.165) is 64.2 Å². The number of nitrogens with one attached hydrogen (secondary N) is 1. The highest BCUT2D eigenvalue weighted by Crippen LogP contribution is 2.22. The molecule has 0 aliphatic carbocycles. The molecule has 5 nitrogen and oxygen atoms in total. The van der Waals surface area contributed by atoms with Crippen molar-refractivity contribution >= 4 is 11.6 Å². The SMILES string of the molecule is CCc1cccc(CC)c1NC(N)=NCCCOCC1CCOCC1. The van der Waals surface area contributed by atoms with Crippen molar-refractivity contribution in [1.82, 2.24) is 0 Å². The van der Waals surface area contributed by atoms with Crippen LogP contribution in [0.1, 0.15) is 44.2 Å². The Kier molecular flexibility index (Phi) is 8.77. The van der Waals surface area contributed by atoms with E-state index in [2.05, 4.69) is 42.4 Å². The highest BCUT2D eigenvalue weighted by molar-refractivity contribution is 5.93. The van der Waals surface area contributed by atoms with Crippen LogP contribution in [0.5, 0.6) is 0 Å². The van der Waals surface area contributed by atoms with Crippen molar-refractivity contribution in [2.45, 2.75) is 46.0 Å². The lowest BCUT2D eigenvalue weighted by molar-refractivity contribution is 0.0205. The highest BCUT2D eigenvalue weighted by Gasteiger charge is 2.13. The molecule has 1 aliphatic heterocycles. The Bertz CT molecular complexity index is 517. The predicted octanol–water partition coefficient (Wildman–Crippen LogP) is 3.37. The maximum atomic E-state index is 6.07. The minimum absolute atomic E-state index is 0.486. The molecule has 0 unspecified atom stereocenters. The summed E-state index contributed by atoms with van der Waals surface area (Å²) >= 11 is 0. The number of rotatable bonds is 9. The van der Waals surface area contributed by atoms with Crippen LogP contribution >= 0.6 is 0 Å². The molecular formula is C20H33N3O2. The molecule has 0 saturated carbocycles. The van der Waals surface area contributed by atoms with Crippen molar-refractivity contribution in [1.29, 1.82) is 0 Å². The normalized spacial score (nSPS) is 16.2. The van der Waals surface area contributed by atoms with Gasteiger partial charge in [-0.2, -0.15) is 0 Å². The van der Waals surface area contributed by atoms with Gasteiger partial charge in [0.15, 0.2) is 5.96 Å². The number of aryl methyl sites for hydroxylation is 2. The van der Waals surface area contributed by atoms with E-state index >= 15 is 0 Å². The van der Waals surface area contributed by atoms with Gasteiger partial charge < -0.3 is 20.5 Å². The van der Waals surface area contributed by atoms with Crippen molar-refractivity contribution in [3.63, 3.8) is 0 Å². The third-order valence-electron chi connectivity index (χ3n) is 4.68. The minimum Gasteiger partial charge on any atom is -0.381 e. The van der Waals surface area contributed by atoms with Gasteiger partial charge in [-0.05, 0) is 49.1 Å². The lowest BCUT2D eigenvalue weighted by atomic mass is 10.0. The topological polar surface area (TPSA) is 68.9 Å². The molecule has 1 aromatic carbocycles. The number of para-hydroxylation sites is 1. The van der Waals surface area contributed by atoms with Crippen molar-refractivity contribution in [2.24, 2.45) is 16.6 Å². The second kappa shape index (κ2) is 11.1.